The van der Waals surface area contributed by atoms with Crippen LogP contribution in [0, 0.1) is 29.6 Å². The first kappa shape index (κ1) is 20.7. The van der Waals surface area contributed by atoms with E-state index in [9.17, 15) is 4.79 Å². The number of rotatable bonds is 5. The Labute approximate surface area is 185 Å². The van der Waals surface area contributed by atoms with E-state index in [1.807, 2.05) is 19.3 Å². The van der Waals surface area contributed by atoms with Crippen molar-refractivity contribution in [2.45, 2.75) is 71.9 Å². The number of carbonyl (C=O) groups is 1. The van der Waals surface area contributed by atoms with Crippen molar-refractivity contribution in [1.29, 1.82) is 0 Å². The molecule has 31 heavy (non-hydrogen) atoms. The van der Waals surface area contributed by atoms with Gasteiger partial charge in [-0.1, -0.05) is 32.9 Å². The maximum absolute atomic E-state index is 12.6. The van der Waals surface area contributed by atoms with E-state index in [0.29, 0.717) is 18.3 Å². The molecule has 1 aliphatic heterocycles. The lowest BCUT2D eigenvalue weighted by Crippen LogP contribution is -2.58. The Kier molecular flexibility index (Phi) is 5.00. The highest BCUT2D eigenvalue weighted by atomic mass is 16.5. The molecule has 1 amide bonds. The smallest absolute Gasteiger partial charge is 0.220 e. The molecule has 2 aliphatic carbocycles. The van der Waals surface area contributed by atoms with Gasteiger partial charge in [-0.15, -0.1) is 0 Å². The van der Waals surface area contributed by atoms with E-state index in [1.54, 1.807) is 0 Å². The van der Waals surface area contributed by atoms with Crippen molar-refractivity contribution in [2.24, 2.45) is 22.7 Å². The van der Waals surface area contributed by atoms with E-state index in [4.69, 9.17) is 4.74 Å². The Morgan fingerprint density at radius 2 is 2.06 bits per heavy atom. The molecule has 2 aromatic rings. The highest BCUT2D eigenvalue weighted by Crippen LogP contribution is 2.70. The van der Waals surface area contributed by atoms with Crippen molar-refractivity contribution in [1.82, 2.24) is 14.9 Å². The lowest BCUT2D eigenvalue weighted by molar-refractivity contribution is -0.137. The number of hydrogen-bond acceptors (Lipinski definition) is 3. The Bertz CT molecular complexity index is 963. The van der Waals surface area contributed by atoms with E-state index in [-0.39, 0.29) is 28.9 Å². The Balaban J connectivity index is 1.43. The molecule has 2 bridgehead atoms. The lowest BCUT2D eigenvalue weighted by atomic mass is 9.59. The summed E-state index contributed by atoms with van der Waals surface area (Å²) in [7, 11) is 0. The standard InChI is InChI=1S/C26H35N3O2/c1-5-6-22(30)28-24-25(3,4)19-15-21-23(31-14-11-26(21,24)16-19)18-7-9-20(10-8-18)29-13-12-27-17(29)2/h7-10,12-13,19,21,23-24H,5-6,11,14-16H2,1-4H3,(H,28,30)/t19-,21-,23-,24+,26-/m1/s1. The van der Waals surface area contributed by atoms with Gasteiger partial charge in [-0.2, -0.15) is 0 Å². The number of amides is 1. The highest BCUT2D eigenvalue weighted by Gasteiger charge is 2.68. The molecule has 5 heteroatoms. The molecule has 1 aromatic heterocycles. The molecule has 5 atom stereocenters. The summed E-state index contributed by atoms with van der Waals surface area (Å²) in [4.78, 5) is 16.9. The molecule has 5 rings (SSSR count). The molecule has 3 aliphatic rings. The molecule has 5 nitrogen and oxygen atoms in total. The van der Waals surface area contributed by atoms with Gasteiger partial charge in [0.2, 0.25) is 5.91 Å². The van der Waals surface area contributed by atoms with Crippen LogP contribution in [0.25, 0.3) is 5.69 Å². The molecule has 166 valence electrons. The van der Waals surface area contributed by atoms with Gasteiger partial charge in [0, 0.05) is 37.2 Å². The summed E-state index contributed by atoms with van der Waals surface area (Å²) in [6, 6.07) is 9.03. The minimum absolute atomic E-state index is 0.110. The second kappa shape index (κ2) is 7.47. The van der Waals surface area contributed by atoms with Crippen LogP contribution >= 0.6 is 0 Å². The second-order valence-corrected chi connectivity index (χ2v) is 10.5. The number of aromatic nitrogens is 2. The Morgan fingerprint density at radius 1 is 1.29 bits per heavy atom. The molecule has 1 N–H and O–H groups in total. The summed E-state index contributed by atoms with van der Waals surface area (Å²) in [5.41, 5.74) is 2.68. The average molecular weight is 422 g/mol. The quantitative estimate of drug-likeness (QED) is 0.741. The van der Waals surface area contributed by atoms with E-state index >= 15 is 0 Å². The van der Waals surface area contributed by atoms with Crippen LogP contribution < -0.4 is 5.32 Å². The van der Waals surface area contributed by atoms with Crippen LogP contribution in [0.5, 0.6) is 0 Å². The van der Waals surface area contributed by atoms with Crippen LogP contribution in [-0.2, 0) is 9.53 Å². The first-order valence-electron chi connectivity index (χ1n) is 11.9. The van der Waals surface area contributed by atoms with E-state index in [0.717, 1.165) is 31.0 Å². The van der Waals surface area contributed by atoms with Crippen LogP contribution in [0.2, 0.25) is 0 Å². The molecule has 1 spiro atoms. The van der Waals surface area contributed by atoms with Gasteiger partial charge in [-0.3, -0.25) is 4.79 Å². The largest absolute Gasteiger partial charge is 0.373 e. The van der Waals surface area contributed by atoms with Gasteiger partial charge in [0.05, 0.1) is 6.10 Å². The number of hydrogen-bond donors (Lipinski definition) is 1. The van der Waals surface area contributed by atoms with Gasteiger partial charge in [-0.05, 0) is 73.0 Å². The van der Waals surface area contributed by atoms with Crippen LogP contribution in [-0.4, -0.2) is 28.1 Å². The molecule has 0 radical (unpaired) electrons. The van der Waals surface area contributed by atoms with Crippen LogP contribution in [0.3, 0.4) is 0 Å². The van der Waals surface area contributed by atoms with E-state index in [2.05, 4.69) is 59.9 Å². The van der Waals surface area contributed by atoms with E-state index < -0.39 is 0 Å². The van der Waals surface area contributed by atoms with Crippen LogP contribution in [0.15, 0.2) is 36.7 Å². The topological polar surface area (TPSA) is 56.2 Å². The third-order valence-electron chi connectivity index (χ3n) is 8.61. The summed E-state index contributed by atoms with van der Waals surface area (Å²) in [5.74, 6) is 2.31. The fourth-order valence-corrected chi connectivity index (χ4v) is 7.05. The van der Waals surface area contributed by atoms with Gasteiger partial charge in [0.1, 0.15) is 5.82 Å². The van der Waals surface area contributed by atoms with Crippen molar-refractivity contribution in [3.63, 3.8) is 0 Å². The Hall–Kier alpha value is -2.14. The van der Waals surface area contributed by atoms with Gasteiger partial charge < -0.3 is 14.6 Å². The van der Waals surface area contributed by atoms with Gasteiger partial charge >= 0.3 is 0 Å². The SMILES string of the molecule is CCCC(=O)N[C@H]1C(C)(C)[C@@H]2C[C@@H]3[C@@H](c4ccc(-n5ccnc5C)cc4)OCC[C@@]31C2. The van der Waals surface area contributed by atoms with Gasteiger partial charge in [0.15, 0.2) is 0 Å². The van der Waals surface area contributed by atoms with Gasteiger partial charge in [0.25, 0.3) is 0 Å². The first-order valence-corrected chi connectivity index (χ1v) is 11.9. The molecule has 2 saturated carbocycles. The summed E-state index contributed by atoms with van der Waals surface area (Å²) in [6.07, 6.45) is 8.92. The third-order valence-corrected chi connectivity index (χ3v) is 8.61. The Morgan fingerprint density at radius 3 is 2.74 bits per heavy atom. The lowest BCUT2D eigenvalue weighted by Gasteiger charge is -2.53. The molecule has 3 fully saturated rings. The normalized spacial score (nSPS) is 33.3. The van der Waals surface area contributed by atoms with Crippen molar-refractivity contribution < 1.29 is 9.53 Å². The minimum atomic E-state index is 0.110. The number of ether oxygens (including phenoxy) is 1. The fourth-order valence-electron chi connectivity index (χ4n) is 7.05. The van der Waals surface area contributed by atoms with Crippen LogP contribution in [0.1, 0.15) is 70.4 Å². The predicted molar refractivity (Wildman–Crippen MR) is 121 cm³/mol. The number of imidazole rings is 1. The van der Waals surface area contributed by atoms with Crippen molar-refractivity contribution in [3.05, 3.63) is 48.0 Å². The maximum Gasteiger partial charge on any atom is 0.220 e. The van der Waals surface area contributed by atoms with Crippen LogP contribution in [0.4, 0.5) is 0 Å². The van der Waals surface area contributed by atoms with Crippen molar-refractivity contribution in [2.75, 3.05) is 6.61 Å². The number of fused-ring (bicyclic) bond motifs is 1. The molecular formula is C26H35N3O2. The zero-order valence-electron chi connectivity index (χ0n) is 19.2. The zero-order valence-corrected chi connectivity index (χ0v) is 19.2. The fraction of sp³-hybridized carbons (Fsp3) is 0.615. The third kappa shape index (κ3) is 3.15. The van der Waals surface area contributed by atoms with Crippen molar-refractivity contribution in [3.8, 4) is 5.69 Å². The monoisotopic (exact) mass is 421 g/mol. The first-order chi connectivity index (χ1) is 14.9. The summed E-state index contributed by atoms with van der Waals surface area (Å²) in [6.45, 7) is 9.60. The number of benzene rings is 1. The van der Waals surface area contributed by atoms with Gasteiger partial charge in [-0.25, -0.2) is 4.98 Å². The average Bonchev–Trinajstić information content (AvgIpc) is 3.40. The molecule has 1 aromatic carbocycles. The number of aryl methyl sites for hydroxylation is 1. The molecule has 2 heterocycles. The maximum atomic E-state index is 12.6. The summed E-state index contributed by atoms with van der Waals surface area (Å²) < 4.78 is 8.52. The minimum Gasteiger partial charge on any atom is -0.373 e. The van der Waals surface area contributed by atoms with E-state index in [1.165, 1.54) is 18.4 Å². The predicted octanol–water partition coefficient (Wildman–Crippen LogP) is 4.98. The number of nitrogens with zero attached hydrogens (tertiary/aromatic N) is 2. The highest BCUT2D eigenvalue weighted by molar-refractivity contribution is 5.76. The molecule has 0 unspecified atom stereocenters. The number of nitrogens with one attached hydrogen (secondary N) is 1. The molecule has 1 saturated heterocycles. The second-order valence-electron chi connectivity index (χ2n) is 10.5. The summed E-state index contributed by atoms with van der Waals surface area (Å²) >= 11 is 0. The number of carbonyl (C=O) groups excluding carboxylic acids is 1. The van der Waals surface area contributed by atoms with Crippen molar-refractivity contribution >= 4 is 5.91 Å². The summed E-state index contributed by atoms with van der Waals surface area (Å²) in [5, 5.41) is 3.49. The zero-order chi connectivity index (χ0) is 21.8. The molecular weight excluding hydrogens is 386 g/mol.